The van der Waals surface area contributed by atoms with E-state index in [0.29, 0.717) is 35.5 Å². The monoisotopic (exact) mass is 465 g/mol. The zero-order valence-electron chi connectivity index (χ0n) is 19.1. The number of aromatic carboxylic acids is 1. The van der Waals surface area contributed by atoms with Crippen LogP contribution in [0.25, 0.3) is 6.08 Å². The lowest BCUT2D eigenvalue weighted by Crippen LogP contribution is -2.42. The molecule has 1 saturated heterocycles. The van der Waals surface area contributed by atoms with E-state index in [1.165, 1.54) is 24.3 Å². The van der Waals surface area contributed by atoms with Gasteiger partial charge in [0, 0.05) is 44.7 Å². The van der Waals surface area contributed by atoms with Crippen LogP contribution in [0.15, 0.2) is 35.9 Å². The molecule has 0 saturated carbocycles. The second-order valence-corrected chi connectivity index (χ2v) is 8.96. The maximum atomic E-state index is 14.0. The van der Waals surface area contributed by atoms with Crippen molar-refractivity contribution in [2.24, 2.45) is 5.73 Å². The predicted molar refractivity (Wildman–Crippen MR) is 127 cm³/mol. The smallest absolute Gasteiger partial charge is 0.335 e. The second-order valence-electron chi connectivity index (χ2n) is 8.96. The molecule has 7 nitrogen and oxygen atoms in total. The van der Waals surface area contributed by atoms with E-state index < -0.39 is 11.8 Å². The first-order valence-electron chi connectivity index (χ1n) is 11.4. The minimum atomic E-state index is -1.04. The summed E-state index contributed by atoms with van der Waals surface area (Å²) in [7, 11) is 1.65. The van der Waals surface area contributed by atoms with Gasteiger partial charge in [0.25, 0.3) is 0 Å². The summed E-state index contributed by atoms with van der Waals surface area (Å²) < 4.78 is 14.0. The first-order chi connectivity index (χ1) is 16.2. The van der Waals surface area contributed by atoms with Crippen LogP contribution >= 0.6 is 0 Å². The van der Waals surface area contributed by atoms with E-state index in [-0.39, 0.29) is 41.6 Å². The van der Waals surface area contributed by atoms with E-state index in [9.17, 15) is 23.9 Å². The number of carbonyl (C=O) groups is 3. The van der Waals surface area contributed by atoms with Gasteiger partial charge in [-0.15, -0.1) is 0 Å². The average Bonchev–Trinajstić information content (AvgIpc) is 2.79. The van der Waals surface area contributed by atoms with Gasteiger partial charge in [0.05, 0.1) is 11.1 Å². The lowest BCUT2D eigenvalue weighted by Gasteiger charge is -2.31. The van der Waals surface area contributed by atoms with E-state index in [2.05, 4.69) is 10.2 Å². The molecule has 34 heavy (non-hydrogen) atoms. The van der Waals surface area contributed by atoms with E-state index in [0.717, 1.165) is 24.9 Å². The molecular weight excluding hydrogens is 437 g/mol. The van der Waals surface area contributed by atoms with Crippen molar-refractivity contribution in [3.05, 3.63) is 69.5 Å². The number of likely N-dealkylation sites (tertiary alicyclic amines) is 1. The number of allylic oxidation sites excluding steroid dienone is 1. The van der Waals surface area contributed by atoms with Gasteiger partial charge in [-0.05, 0) is 72.0 Å². The number of carboxylic acid groups (broad SMARTS) is 1. The van der Waals surface area contributed by atoms with Crippen LogP contribution in [0.5, 0.6) is 0 Å². The third kappa shape index (κ3) is 5.08. The molecule has 0 aromatic heterocycles. The number of hydrogen-bond donors (Lipinski definition) is 3. The maximum Gasteiger partial charge on any atom is 0.335 e. The zero-order chi connectivity index (χ0) is 24.4. The Morgan fingerprint density at radius 1 is 1.24 bits per heavy atom. The van der Waals surface area contributed by atoms with E-state index in [4.69, 9.17) is 5.73 Å². The summed E-state index contributed by atoms with van der Waals surface area (Å²) in [5.74, 6) is -2.18. The molecule has 0 bridgehead atoms. The molecule has 178 valence electrons. The highest BCUT2D eigenvalue weighted by Crippen LogP contribution is 2.30. The molecule has 0 amide bonds. The van der Waals surface area contributed by atoms with Crippen molar-refractivity contribution in [2.45, 2.75) is 38.3 Å². The number of benzene rings is 2. The Labute approximate surface area is 197 Å². The summed E-state index contributed by atoms with van der Waals surface area (Å²) >= 11 is 0. The molecule has 8 heteroatoms. The number of fused-ring (bicyclic) bond motifs is 1. The molecule has 2 aliphatic rings. The molecule has 1 atom stereocenters. The van der Waals surface area contributed by atoms with Crippen LogP contribution in [-0.2, 0) is 29.0 Å². The van der Waals surface area contributed by atoms with Crippen molar-refractivity contribution in [2.75, 3.05) is 25.5 Å². The number of Topliss-reactive ketones (excluding diaryl/α,β-unsaturated/α-hetero) is 2. The summed E-state index contributed by atoms with van der Waals surface area (Å²) in [4.78, 5) is 39.7. The van der Waals surface area contributed by atoms with Gasteiger partial charge in [-0.1, -0.05) is 6.07 Å². The Bertz CT molecular complexity index is 1190. The average molecular weight is 466 g/mol. The van der Waals surface area contributed by atoms with E-state index >= 15 is 0 Å². The lowest BCUT2D eigenvalue weighted by atomic mass is 9.86. The molecule has 0 spiro atoms. The third-order valence-corrected chi connectivity index (χ3v) is 6.50. The molecule has 1 heterocycles. The normalized spacial score (nSPS) is 18.3. The Morgan fingerprint density at radius 2 is 2.03 bits per heavy atom. The van der Waals surface area contributed by atoms with Gasteiger partial charge in [-0.2, -0.15) is 0 Å². The number of anilines is 1. The van der Waals surface area contributed by atoms with Gasteiger partial charge in [-0.3, -0.25) is 14.5 Å². The number of carbonyl (C=O) groups excluding carboxylic acids is 2. The number of ketones is 2. The molecule has 1 aliphatic heterocycles. The minimum absolute atomic E-state index is 0.0137. The van der Waals surface area contributed by atoms with E-state index in [1.54, 1.807) is 19.2 Å². The fraction of sp³-hybridized carbons (Fsp3) is 0.346. The standard InChI is InChI=1S/C26H28FN3O4/c1-29-23-11-19(27)8-17-9-22(25(32)12-21(17)23)24(31)10-15-4-5-16(26(33)34)7-18(15)13-30-6-2-3-20(28)14-30/h4-5,7-9,11,20,29H,2-3,6,10,12-14,28H2,1H3,(H,33,34). The van der Waals surface area contributed by atoms with Crippen LogP contribution in [0.4, 0.5) is 10.1 Å². The predicted octanol–water partition coefficient (Wildman–Crippen LogP) is 2.81. The van der Waals surface area contributed by atoms with Crippen molar-refractivity contribution < 1.29 is 23.9 Å². The second kappa shape index (κ2) is 9.87. The van der Waals surface area contributed by atoms with Gasteiger partial charge in [0.1, 0.15) is 5.82 Å². The van der Waals surface area contributed by atoms with Crippen LogP contribution < -0.4 is 11.1 Å². The number of rotatable bonds is 7. The summed E-state index contributed by atoms with van der Waals surface area (Å²) in [5.41, 5.74) is 9.37. The molecule has 1 unspecified atom stereocenters. The van der Waals surface area contributed by atoms with Gasteiger partial charge in [-0.25, -0.2) is 9.18 Å². The Morgan fingerprint density at radius 3 is 2.74 bits per heavy atom. The highest BCUT2D eigenvalue weighted by molar-refractivity contribution is 6.25. The van der Waals surface area contributed by atoms with Gasteiger partial charge in [0.2, 0.25) is 0 Å². The van der Waals surface area contributed by atoms with Gasteiger partial charge >= 0.3 is 5.97 Å². The summed E-state index contributed by atoms with van der Waals surface area (Å²) in [6.45, 7) is 2.02. The molecule has 1 aliphatic carbocycles. The quantitative estimate of drug-likeness (QED) is 0.539. The Kier molecular flexibility index (Phi) is 6.90. The topological polar surface area (TPSA) is 113 Å². The molecule has 4 N–H and O–H groups in total. The number of hydrogen-bond acceptors (Lipinski definition) is 6. The number of halogens is 1. The van der Waals surface area contributed by atoms with Crippen LogP contribution in [0, 0.1) is 5.82 Å². The maximum absolute atomic E-state index is 14.0. The van der Waals surface area contributed by atoms with Crippen molar-refractivity contribution in [1.29, 1.82) is 0 Å². The molecular formula is C26H28FN3O4. The zero-order valence-corrected chi connectivity index (χ0v) is 19.1. The van der Waals surface area contributed by atoms with E-state index in [1.807, 2.05) is 0 Å². The number of nitrogens with two attached hydrogens (primary N) is 1. The number of nitrogens with one attached hydrogen (secondary N) is 1. The van der Waals surface area contributed by atoms with Crippen LogP contribution in [0.1, 0.15) is 45.5 Å². The van der Waals surface area contributed by atoms with Crippen molar-refractivity contribution >= 4 is 29.3 Å². The largest absolute Gasteiger partial charge is 0.478 e. The highest BCUT2D eigenvalue weighted by Gasteiger charge is 2.27. The van der Waals surface area contributed by atoms with Crippen molar-refractivity contribution in [3.8, 4) is 0 Å². The fourth-order valence-electron chi connectivity index (χ4n) is 4.76. The SMILES string of the molecule is CNc1cc(F)cc2c1CC(=O)C(C(=O)Cc1ccc(C(=O)O)cc1CN1CCCC(N)C1)=C2. The van der Waals surface area contributed by atoms with Crippen LogP contribution in [0.3, 0.4) is 0 Å². The first kappa shape index (κ1) is 23.8. The van der Waals surface area contributed by atoms with Crippen LogP contribution in [0.2, 0.25) is 0 Å². The molecule has 2 aromatic rings. The highest BCUT2D eigenvalue weighted by atomic mass is 19.1. The van der Waals surface area contributed by atoms with Crippen molar-refractivity contribution in [1.82, 2.24) is 4.90 Å². The van der Waals surface area contributed by atoms with Crippen molar-refractivity contribution in [3.63, 3.8) is 0 Å². The van der Waals surface area contributed by atoms with Gasteiger partial charge < -0.3 is 16.2 Å². The molecule has 2 aromatic carbocycles. The summed E-state index contributed by atoms with van der Waals surface area (Å²) in [6.07, 6.45) is 3.34. The fourth-order valence-corrected chi connectivity index (χ4v) is 4.76. The molecule has 4 rings (SSSR count). The van der Waals surface area contributed by atoms with Crippen LogP contribution in [-0.4, -0.2) is 53.7 Å². The summed E-state index contributed by atoms with van der Waals surface area (Å²) in [5, 5.41) is 12.3. The first-order valence-corrected chi connectivity index (χ1v) is 11.4. The lowest BCUT2D eigenvalue weighted by molar-refractivity contribution is -0.120. The number of nitrogens with zero attached hydrogens (tertiary/aromatic N) is 1. The summed E-state index contributed by atoms with van der Waals surface area (Å²) in [6, 6.07) is 7.41. The Balaban J connectivity index is 1.63. The number of carboxylic acids is 1. The number of piperidine rings is 1. The van der Waals surface area contributed by atoms with Gasteiger partial charge in [0.15, 0.2) is 11.6 Å². The minimum Gasteiger partial charge on any atom is -0.478 e. The Hall–Kier alpha value is -3.36. The third-order valence-electron chi connectivity index (χ3n) is 6.50. The molecule has 1 fully saturated rings. The molecule has 0 radical (unpaired) electrons.